The number of esters is 2. The van der Waals surface area contributed by atoms with Gasteiger partial charge in [-0.05, 0) is 62.4 Å². The molecule has 164 valence electrons. The molecule has 1 aliphatic rings. The van der Waals surface area contributed by atoms with Crippen molar-refractivity contribution >= 4 is 50.1 Å². The van der Waals surface area contributed by atoms with Crippen LogP contribution >= 0.6 is 15.9 Å². The van der Waals surface area contributed by atoms with Crippen LogP contribution in [-0.4, -0.2) is 29.5 Å². The van der Waals surface area contributed by atoms with Crippen LogP contribution in [0.3, 0.4) is 0 Å². The molecule has 0 saturated carbocycles. The molecule has 3 aromatic carbocycles. The summed E-state index contributed by atoms with van der Waals surface area (Å²) in [5.41, 5.74) is 2.65. The minimum Gasteiger partial charge on any atom is -0.461 e. The molecule has 1 N–H and O–H groups in total. The first kappa shape index (κ1) is 22.4. The molecule has 5 nitrogen and oxygen atoms in total. The predicted octanol–water partition coefficient (Wildman–Crippen LogP) is 5.71. The van der Waals surface area contributed by atoms with E-state index < -0.39 is 16.3 Å². The van der Waals surface area contributed by atoms with E-state index >= 15 is 0 Å². The molecule has 1 aliphatic heterocycles. The molecule has 0 radical (unpaired) electrons. The fourth-order valence-electron chi connectivity index (χ4n) is 3.26. The molecule has 7 heteroatoms. The van der Waals surface area contributed by atoms with Crippen LogP contribution in [0.1, 0.15) is 24.2 Å². The van der Waals surface area contributed by atoms with E-state index in [0.29, 0.717) is 5.56 Å². The number of hydrogen-bond donors (Lipinski definition) is 1. The number of alkyl halides is 1. The van der Waals surface area contributed by atoms with Crippen molar-refractivity contribution in [3.63, 3.8) is 0 Å². The second kappa shape index (κ2) is 9.38. The molecular weight excluding hydrogens is 490 g/mol. The van der Waals surface area contributed by atoms with Gasteiger partial charge in [0.25, 0.3) is 0 Å². The van der Waals surface area contributed by atoms with Crippen molar-refractivity contribution in [1.29, 1.82) is 0 Å². The Morgan fingerprint density at radius 1 is 0.844 bits per heavy atom. The summed E-state index contributed by atoms with van der Waals surface area (Å²) in [7, 11) is -0.277. The van der Waals surface area contributed by atoms with Crippen molar-refractivity contribution in [2.45, 2.75) is 32.9 Å². The highest BCUT2D eigenvalue weighted by atomic mass is 79.9. The number of anilines is 2. The summed E-state index contributed by atoms with van der Waals surface area (Å²) in [6, 6.07) is 24.1. The Morgan fingerprint density at radius 2 is 1.38 bits per heavy atom. The number of fused-ring (bicyclic) bond motifs is 2. The van der Waals surface area contributed by atoms with Gasteiger partial charge in [0.15, 0.2) is 14.7 Å². The monoisotopic (exact) mass is 512 g/mol. The lowest BCUT2D eigenvalue weighted by Crippen LogP contribution is -2.28. The maximum absolute atomic E-state index is 12.4. The lowest BCUT2D eigenvalue weighted by atomic mass is 10.2. The molecule has 0 fully saturated rings. The number of halogens is 1. The highest BCUT2D eigenvalue weighted by Gasteiger charge is 2.37. The van der Waals surface area contributed by atoms with Gasteiger partial charge in [0.2, 0.25) is 0 Å². The van der Waals surface area contributed by atoms with Crippen LogP contribution < -0.4 is 5.32 Å². The molecule has 0 unspecified atom stereocenters. The zero-order valence-electron chi connectivity index (χ0n) is 17.8. The highest BCUT2D eigenvalue weighted by Crippen LogP contribution is 2.44. The van der Waals surface area contributed by atoms with E-state index in [9.17, 15) is 9.59 Å². The number of ether oxygens (including phenoxy) is 2. The Bertz CT molecular complexity index is 1100. The summed E-state index contributed by atoms with van der Waals surface area (Å²) >= 11 is 3.24. The summed E-state index contributed by atoms with van der Waals surface area (Å²) < 4.78 is 9.58. The Kier molecular flexibility index (Phi) is 6.58. The number of nitrogens with one attached hydrogen (secondary N) is 1. The van der Waals surface area contributed by atoms with Gasteiger partial charge in [-0.25, -0.2) is 4.79 Å². The first-order chi connectivity index (χ1) is 15.3. The molecule has 0 aliphatic carbocycles. The quantitative estimate of drug-likeness (QED) is 0.155. The third kappa shape index (κ3) is 4.84. The fourth-order valence-corrected chi connectivity index (χ4v) is 5.64. The van der Waals surface area contributed by atoms with Gasteiger partial charge in [-0.15, -0.1) is 0 Å². The van der Waals surface area contributed by atoms with Crippen LogP contribution in [0.25, 0.3) is 0 Å². The SMILES string of the molecule is CC(C)(Br)C(=O)OCCOC(=O)c1ccc([S+]2c3ccccc3Nc3ccccc32)cc1. The molecule has 0 aromatic heterocycles. The first-order valence-corrected chi connectivity index (χ1v) is 12.2. The maximum atomic E-state index is 12.4. The fraction of sp³-hybridized carbons (Fsp3) is 0.200. The normalized spacial score (nSPS) is 12.8. The van der Waals surface area contributed by atoms with Gasteiger partial charge in [0.05, 0.1) is 16.9 Å². The van der Waals surface area contributed by atoms with Crippen LogP contribution in [0, 0.1) is 0 Å². The Hall–Kier alpha value is -2.77. The smallest absolute Gasteiger partial charge is 0.338 e. The lowest BCUT2D eigenvalue weighted by Gasteiger charge is -2.20. The average Bonchev–Trinajstić information content (AvgIpc) is 2.79. The van der Waals surface area contributed by atoms with Crippen molar-refractivity contribution < 1.29 is 19.1 Å². The number of carbonyl (C=O) groups excluding carboxylic acids is 2. The van der Waals surface area contributed by atoms with Crippen LogP contribution in [0.5, 0.6) is 0 Å². The molecule has 0 spiro atoms. The highest BCUT2D eigenvalue weighted by molar-refractivity contribution is 9.10. The van der Waals surface area contributed by atoms with Gasteiger partial charge in [0.1, 0.15) is 28.4 Å². The minimum atomic E-state index is -0.764. The van der Waals surface area contributed by atoms with E-state index in [-0.39, 0.29) is 24.1 Å². The van der Waals surface area contributed by atoms with E-state index in [0.717, 1.165) is 16.3 Å². The van der Waals surface area contributed by atoms with E-state index in [1.165, 1.54) is 9.79 Å². The van der Waals surface area contributed by atoms with Gasteiger partial charge in [-0.2, -0.15) is 0 Å². The molecule has 0 atom stereocenters. The topological polar surface area (TPSA) is 64.6 Å². The first-order valence-electron chi connectivity index (χ1n) is 10.2. The Labute approximate surface area is 198 Å². The van der Waals surface area contributed by atoms with E-state index in [1.807, 2.05) is 36.4 Å². The van der Waals surface area contributed by atoms with Crippen molar-refractivity contribution in [3.8, 4) is 0 Å². The number of hydrogen-bond acceptors (Lipinski definition) is 5. The maximum Gasteiger partial charge on any atom is 0.338 e. The number of rotatable bonds is 6. The molecule has 0 amide bonds. The summed E-state index contributed by atoms with van der Waals surface area (Å²) in [5, 5.41) is 3.51. The van der Waals surface area contributed by atoms with Crippen molar-refractivity contribution in [2.75, 3.05) is 18.5 Å². The second-order valence-corrected chi connectivity index (χ2v) is 11.6. The summed E-state index contributed by atoms with van der Waals surface area (Å²) in [6.45, 7) is 3.42. The van der Waals surface area contributed by atoms with Gasteiger partial charge in [-0.3, -0.25) is 4.79 Å². The van der Waals surface area contributed by atoms with Crippen LogP contribution in [0.4, 0.5) is 11.4 Å². The minimum absolute atomic E-state index is 0.00615. The zero-order valence-corrected chi connectivity index (χ0v) is 20.2. The summed E-state index contributed by atoms with van der Waals surface area (Å²) in [5.74, 6) is -0.846. The predicted molar refractivity (Wildman–Crippen MR) is 129 cm³/mol. The largest absolute Gasteiger partial charge is 0.461 e. The lowest BCUT2D eigenvalue weighted by molar-refractivity contribution is -0.146. The van der Waals surface area contributed by atoms with Crippen molar-refractivity contribution in [2.24, 2.45) is 0 Å². The Balaban J connectivity index is 1.47. The number of benzene rings is 3. The van der Waals surface area contributed by atoms with Crippen molar-refractivity contribution in [3.05, 3.63) is 78.4 Å². The molecule has 32 heavy (non-hydrogen) atoms. The Morgan fingerprint density at radius 3 is 1.94 bits per heavy atom. The molecule has 0 bridgehead atoms. The van der Waals surface area contributed by atoms with Gasteiger partial charge < -0.3 is 14.8 Å². The average molecular weight is 513 g/mol. The molecular formula is C25H23BrNO4S+. The van der Waals surface area contributed by atoms with E-state index in [2.05, 4.69) is 45.5 Å². The van der Waals surface area contributed by atoms with Gasteiger partial charge in [-0.1, -0.05) is 40.2 Å². The molecule has 4 rings (SSSR count). The number of carbonyl (C=O) groups is 2. The third-order valence-corrected chi connectivity index (χ3v) is 7.50. The van der Waals surface area contributed by atoms with Crippen LogP contribution in [0.2, 0.25) is 0 Å². The second-order valence-electron chi connectivity index (χ2n) is 7.69. The van der Waals surface area contributed by atoms with Gasteiger partial charge in [0, 0.05) is 0 Å². The third-order valence-electron chi connectivity index (χ3n) is 4.84. The van der Waals surface area contributed by atoms with Gasteiger partial charge >= 0.3 is 11.9 Å². The molecule has 1 heterocycles. The zero-order chi connectivity index (χ0) is 22.7. The number of para-hydroxylation sites is 2. The summed E-state index contributed by atoms with van der Waals surface area (Å²) in [4.78, 5) is 27.7. The van der Waals surface area contributed by atoms with Crippen molar-refractivity contribution in [1.82, 2.24) is 0 Å². The standard InChI is InChI=1S/C25H23BrNO4S/c1-25(2,26)24(29)31-16-15-30-23(28)17-11-13-18(14-12-17)32-21-9-5-3-7-19(21)27-20-8-4-6-10-22(20)32/h3-14,27H,15-16H2,1-2H3/q+1. The van der Waals surface area contributed by atoms with Crippen LogP contribution in [0.15, 0.2) is 87.5 Å². The molecule has 3 aromatic rings. The van der Waals surface area contributed by atoms with E-state index in [1.54, 1.807) is 26.0 Å². The van der Waals surface area contributed by atoms with Crippen LogP contribution in [-0.2, 0) is 25.2 Å². The summed E-state index contributed by atoms with van der Waals surface area (Å²) in [6.07, 6.45) is 0. The molecule has 0 saturated heterocycles. The van der Waals surface area contributed by atoms with E-state index in [4.69, 9.17) is 9.47 Å².